The van der Waals surface area contributed by atoms with Crippen LogP contribution in [0.1, 0.15) is 11.3 Å². The SMILES string of the molecule is c1ccc2c(c1)Cc1c3ccccc3cn1-2. The van der Waals surface area contributed by atoms with Gasteiger partial charge in [0.05, 0.1) is 0 Å². The maximum absolute atomic E-state index is 2.33. The Balaban J connectivity index is 2.12. The average Bonchev–Trinajstić information content (AvgIpc) is 2.85. The van der Waals surface area contributed by atoms with Crippen molar-refractivity contribution in [1.29, 1.82) is 0 Å². The molecule has 0 fully saturated rings. The average molecular weight is 205 g/mol. The van der Waals surface area contributed by atoms with Gasteiger partial charge < -0.3 is 4.57 Å². The monoisotopic (exact) mass is 205 g/mol. The summed E-state index contributed by atoms with van der Waals surface area (Å²) in [6, 6.07) is 17.3. The first-order valence-electron chi connectivity index (χ1n) is 5.61. The summed E-state index contributed by atoms with van der Waals surface area (Å²) in [7, 11) is 0. The van der Waals surface area contributed by atoms with E-state index in [1.165, 1.54) is 27.7 Å². The van der Waals surface area contributed by atoms with Crippen molar-refractivity contribution in [2.75, 3.05) is 0 Å². The van der Waals surface area contributed by atoms with Crippen molar-refractivity contribution in [3.05, 3.63) is 66.0 Å². The van der Waals surface area contributed by atoms with Crippen LogP contribution in [-0.4, -0.2) is 4.57 Å². The van der Waals surface area contributed by atoms with Crippen molar-refractivity contribution in [3.63, 3.8) is 0 Å². The van der Waals surface area contributed by atoms with E-state index in [0.29, 0.717) is 0 Å². The predicted molar refractivity (Wildman–Crippen MR) is 66.1 cm³/mol. The molecule has 0 amide bonds. The smallest absolute Gasteiger partial charge is 0.0488 e. The number of aromatic nitrogens is 1. The van der Waals surface area contributed by atoms with E-state index in [9.17, 15) is 0 Å². The molecule has 1 nitrogen and oxygen atoms in total. The number of hydrogen-bond donors (Lipinski definition) is 0. The van der Waals surface area contributed by atoms with E-state index in [1.807, 2.05) is 0 Å². The van der Waals surface area contributed by atoms with Gasteiger partial charge in [-0.2, -0.15) is 0 Å². The molecule has 4 rings (SSSR count). The highest BCUT2D eigenvalue weighted by molar-refractivity contribution is 5.88. The zero-order chi connectivity index (χ0) is 10.5. The molecule has 1 aliphatic heterocycles. The first-order chi connectivity index (χ1) is 7.93. The maximum Gasteiger partial charge on any atom is 0.0488 e. The molecule has 0 spiro atoms. The van der Waals surface area contributed by atoms with E-state index in [0.717, 1.165) is 6.42 Å². The Morgan fingerprint density at radius 2 is 1.69 bits per heavy atom. The van der Waals surface area contributed by atoms with E-state index in [2.05, 4.69) is 59.3 Å². The van der Waals surface area contributed by atoms with E-state index in [4.69, 9.17) is 0 Å². The van der Waals surface area contributed by atoms with Crippen molar-refractivity contribution in [1.82, 2.24) is 4.57 Å². The van der Waals surface area contributed by atoms with E-state index >= 15 is 0 Å². The molecule has 2 aromatic carbocycles. The molecular formula is C15H11N. The molecule has 2 heterocycles. The van der Waals surface area contributed by atoms with Gasteiger partial charge in [-0.05, 0) is 11.6 Å². The van der Waals surface area contributed by atoms with Gasteiger partial charge in [-0.1, -0.05) is 42.5 Å². The molecule has 3 aromatic rings. The maximum atomic E-state index is 2.33. The summed E-state index contributed by atoms with van der Waals surface area (Å²) in [6.07, 6.45) is 3.31. The molecule has 1 aromatic heterocycles. The fourth-order valence-electron chi connectivity index (χ4n) is 2.69. The summed E-state index contributed by atoms with van der Waals surface area (Å²) in [5.74, 6) is 0. The summed E-state index contributed by atoms with van der Waals surface area (Å²) < 4.78 is 2.33. The van der Waals surface area contributed by atoms with Gasteiger partial charge in [0.2, 0.25) is 0 Å². The topological polar surface area (TPSA) is 4.93 Å². The van der Waals surface area contributed by atoms with Crippen molar-refractivity contribution >= 4 is 10.8 Å². The van der Waals surface area contributed by atoms with Gasteiger partial charge in [0.1, 0.15) is 0 Å². The van der Waals surface area contributed by atoms with Gasteiger partial charge in [0, 0.05) is 34.8 Å². The minimum atomic E-state index is 1.06. The summed E-state index contributed by atoms with van der Waals surface area (Å²) in [4.78, 5) is 0. The molecule has 0 radical (unpaired) electrons. The first kappa shape index (κ1) is 8.17. The second-order valence-electron chi connectivity index (χ2n) is 4.34. The van der Waals surface area contributed by atoms with Crippen molar-refractivity contribution in [3.8, 4) is 5.69 Å². The Bertz CT molecular complexity index is 691. The molecule has 0 bridgehead atoms. The summed E-state index contributed by atoms with van der Waals surface area (Å²) in [6.45, 7) is 0. The second-order valence-corrected chi connectivity index (χ2v) is 4.34. The van der Waals surface area contributed by atoms with Crippen LogP contribution in [0.15, 0.2) is 54.7 Å². The third-order valence-corrected chi connectivity index (χ3v) is 3.44. The van der Waals surface area contributed by atoms with Crippen LogP contribution in [0, 0.1) is 0 Å². The largest absolute Gasteiger partial charge is 0.319 e. The third-order valence-electron chi connectivity index (χ3n) is 3.44. The number of hydrogen-bond acceptors (Lipinski definition) is 0. The van der Waals surface area contributed by atoms with Gasteiger partial charge in [-0.3, -0.25) is 0 Å². The lowest BCUT2D eigenvalue weighted by atomic mass is 10.1. The lowest BCUT2D eigenvalue weighted by Crippen LogP contribution is -1.87. The standard InChI is InChI=1S/C15H11N/c1-3-7-13-12(6-1)10-16-14-8-4-2-5-11(14)9-15(13)16/h1-8,10H,9H2. The van der Waals surface area contributed by atoms with Gasteiger partial charge in [-0.15, -0.1) is 0 Å². The van der Waals surface area contributed by atoms with Crippen LogP contribution in [0.3, 0.4) is 0 Å². The number of para-hydroxylation sites is 1. The van der Waals surface area contributed by atoms with Crippen molar-refractivity contribution < 1.29 is 0 Å². The van der Waals surface area contributed by atoms with Crippen LogP contribution in [0.5, 0.6) is 0 Å². The highest BCUT2D eigenvalue weighted by atomic mass is 15.0. The van der Waals surface area contributed by atoms with E-state index < -0.39 is 0 Å². The Kier molecular flexibility index (Phi) is 1.41. The van der Waals surface area contributed by atoms with Gasteiger partial charge in [0.25, 0.3) is 0 Å². The number of rotatable bonds is 0. The number of fused-ring (bicyclic) bond motifs is 5. The minimum Gasteiger partial charge on any atom is -0.319 e. The molecule has 0 saturated carbocycles. The normalized spacial score (nSPS) is 12.8. The van der Waals surface area contributed by atoms with Gasteiger partial charge in [-0.25, -0.2) is 0 Å². The molecule has 0 saturated heterocycles. The van der Waals surface area contributed by atoms with Crippen molar-refractivity contribution in [2.24, 2.45) is 0 Å². The van der Waals surface area contributed by atoms with Crippen LogP contribution in [0.4, 0.5) is 0 Å². The Morgan fingerprint density at radius 3 is 2.69 bits per heavy atom. The quantitative estimate of drug-likeness (QED) is 0.414. The highest BCUT2D eigenvalue weighted by Gasteiger charge is 2.19. The molecule has 1 heteroatoms. The number of benzene rings is 2. The van der Waals surface area contributed by atoms with Crippen molar-refractivity contribution in [2.45, 2.75) is 6.42 Å². The lowest BCUT2D eigenvalue weighted by Gasteiger charge is -1.99. The molecule has 0 unspecified atom stereocenters. The fourth-order valence-corrected chi connectivity index (χ4v) is 2.69. The molecule has 76 valence electrons. The van der Waals surface area contributed by atoms with Gasteiger partial charge in [0.15, 0.2) is 0 Å². The molecule has 1 aliphatic rings. The van der Waals surface area contributed by atoms with Crippen LogP contribution < -0.4 is 0 Å². The Labute approximate surface area is 93.9 Å². The summed E-state index contributed by atoms with van der Waals surface area (Å²) in [5, 5.41) is 2.73. The zero-order valence-corrected chi connectivity index (χ0v) is 8.85. The fraction of sp³-hybridized carbons (Fsp3) is 0.0667. The van der Waals surface area contributed by atoms with E-state index in [-0.39, 0.29) is 0 Å². The first-order valence-corrected chi connectivity index (χ1v) is 5.61. The Hall–Kier alpha value is -2.02. The van der Waals surface area contributed by atoms with Crippen LogP contribution in [0.25, 0.3) is 16.5 Å². The molecule has 16 heavy (non-hydrogen) atoms. The zero-order valence-electron chi connectivity index (χ0n) is 8.85. The molecule has 0 N–H and O–H groups in total. The highest BCUT2D eigenvalue weighted by Crippen LogP contribution is 2.33. The second kappa shape index (κ2) is 2.76. The summed E-state index contributed by atoms with van der Waals surface area (Å²) >= 11 is 0. The van der Waals surface area contributed by atoms with Crippen LogP contribution in [-0.2, 0) is 6.42 Å². The van der Waals surface area contributed by atoms with Crippen LogP contribution in [0.2, 0.25) is 0 Å². The molecule has 0 atom stereocenters. The van der Waals surface area contributed by atoms with Gasteiger partial charge >= 0.3 is 0 Å². The van der Waals surface area contributed by atoms with Crippen LogP contribution >= 0.6 is 0 Å². The molecule has 0 aliphatic carbocycles. The Morgan fingerprint density at radius 1 is 0.875 bits per heavy atom. The summed E-state index contributed by atoms with van der Waals surface area (Å²) in [5.41, 5.74) is 4.20. The number of nitrogens with zero attached hydrogens (tertiary/aromatic N) is 1. The minimum absolute atomic E-state index is 1.06. The third kappa shape index (κ3) is 0.904. The lowest BCUT2D eigenvalue weighted by molar-refractivity contribution is 1.06. The van der Waals surface area contributed by atoms with E-state index in [1.54, 1.807) is 0 Å². The predicted octanol–water partition coefficient (Wildman–Crippen LogP) is 3.53. The molecular weight excluding hydrogens is 194 g/mol.